The van der Waals surface area contributed by atoms with Crippen molar-refractivity contribution in [2.75, 3.05) is 36.8 Å². The van der Waals surface area contributed by atoms with Gasteiger partial charge in [0.1, 0.15) is 9.81 Å². The fraction of sp³-hybridized carbons (Fsp3) is 0.370. The number of carbonyl (C=O) groups excluding carboxylic acids is 1. The number of sulfonamides is 1. The molecule has 0 spiro atoms. The number of hydrogen-bond acceptors (Lipinski definition) is 6. The van der Waals surface area contributed by atoms with Gasteiger partial charge in [-0.1, -0.05) is 23.7 Å². The first-order valence-corrected chi connectivity index (χ1v) is 14.7. The smallest absolute Gasteiger partial charge is 0.410 e. The molecule has 198 valence electrons. The number of hydrogen-bond donors (Lipinski definition) is 1. The molecule has 1 aromatic heterocycles. The molecule has 0 saturated heterocycles. The van der Waals surface area contributed by atoms with Gasteiger partial charge >= 0.3 is 6.09 Å². The minimum absolute atomic E-state index is 0.230. The van der Waals surface area contributed by atoms with Gasteiger partial charge in [-0.2, -0.15) is 0 Å². The zero-order chi connectivity index (χ0) is 27.0. The van der Waals surface area contributed by atoms with Crippen LogP contribution in [0.4, 0.5) is 16.2 Å². The van der Waals surface area contributed by atoms with Gasteiger partial charge in [0.15, 0.2) is 0 Å². The zero-order valence-electron chi connectivity index (χ0n) is 21.7. The highest BCUT2D eigenvalue weighted by molar-refractivity contribution is 7.94. The van der Waals surface area contributed by atoms with Crippen LogP contribution in [-0.2, 0) is 27.6 Å². The first kappa shape index (κ1) is 27.3. The SMILES string of the molecule is CN(C)c1cc2c(cc1NS(=O)(=O)c1ccc(-c3ccc(Cl)cc3)s1)CCN(C(=O)OC(C)(C)C)CC2. The molecule has 0 bridgehead atoms. The molecular weight excluding hydrogens is 530 g/mol. The van der Waals surface area contributed by atoms with Crippen LogP contribution in [0.5, 0.6) is 0 Å². The summed E-state index contributed by atoms with van der Waals surface area (Å²) >= 11 is 7.19. The number of benzene rings is 2. The molecule has 1 amide bonds. The number of anilines is 2. The lowest BCUT2D eigenvalue weighted by molar-refractivity contribution is 0.0258. The van der Waals surface area contributed by atoms with Crippen molar-refractivity contribution in [2.24, 2.45) is 0 Å². The Morgan fingerprint density at radius 1 is 1.03 bits per heavy atom. The van der Waals surface area contributed by atoms with Crippen LogP contribution in [0.15, 0.2) is 52.7 Å². The summed E-state index contributed by atoms with van der Waals surface area (Å²) < 4.78 is 35.3. The van der Waals surface area contributed by atoms with Crippen molar-refractivity contribution in [1.82, 2.24) is 4.90 Å². The number of carbonyl (C=O) groups is 1. The number of fused-ring (bicyclic) bond motifs is 1. The highest BCUT2D eigenvalue weighted by Gasteiger charge is 2.26. The summed E-state index contributed by atoms with van der Waals surface area (Å²) in [7, 11) is -0.0497. The molecule has 1 N–H and O–H groups in total. The number of amides is 1. The third kappa shape index (κ3) is 6.58. The molecule has 2 heterocycles. The summed E-state index contributed by atoms with van der Waals surface area (Å²) in [6.07, 6.45) is 0.942. The highest BCUT2D eigenvalue weighted by atomic mass is 35.5. The van der Waals surface area contributed by atoms with E-state index in [1.807, 2.05) is 64.0 Å². The Kier molecular flexibility index (Phi) is 7.78. The molecule has 3 aromatic rings. The summed E-state index contributed by atoms with van der Waals surface area (Å²) in [4.78, 5) is 17.1. The maximum absolute atomic E-state index is 13.4. The topological polar surface area (TPSA) is 79.0 Å². The average Bonchev–Trinajstić information content (AvgIpc) is 3.21. The van der Waals surface area contributed by atoms with Gasteiger partial charge in [0.2, 0.25) is 0 Å². The number of thiophene rings is 1. The highest BCUT2D eigenvalue weighted by Crippen LogP contribution is 2.36. The van der Waals surface area contributed by atoms with E-state index in [1.54, 1.807) is 29.2 Å². The molecule has 0 unspecified atom stereocenters. The third-order valence-corrected chi connectivity index (χ3v) is 9.22. The van der Waals surface area contributed by atoms with E-state index < -0.39 is 15.6 Å². The lowest BCUT2D eigenvalue weighted by Gasteiger charge is -2.26. The van der Waals surface area contributed by atoms with Crippen molar-refractivity contribution < 1.29 is 17.9 Å². The van der Waals surface area contributed by atoms with Gasteiger partial charge in [-0.05, 0) is 86.7 Å². The predicted octanol–water partition coefficient (Wildman–Crippen LogP) is 6.27. The molecule has 1 aliphatic heterocycles. The molecule has 2 aromatic carbocycles. The quantitative estimate of drug-likeness (QED) is 0.397. The Morgan fingerprint density at radius 2 is 1.65 bits per heavy atom. The number of ether oxygens (including phenoxy) is 1. The van der Waals surface area contributed by atoms with Crippen molar-refractivity contribution >= 4 is 50.4 Å². The molecule has 0 fully saturated rings. The Morgan fingerprint density at radius 3 is 2.24 bits per heavy atom. The van der Waals surface area contributed by atoms with E-state index in [0.717, 1.165) is 27.3 Å². The second kappa shape index (κ2) is 10.6. The summed E-state index contributed by atoms with van der Waals surface area (Å²) in [5, 5.41) is 0.628. The van der Waals surface area contributed by atoms with Crippen molar-refractivity contribution in [3.05, 3.63) is 64.7 Å². The number of nitrogens with zero attached hydrogens (tertiary/aromatic N) is 2. The first-order chi connectivity index (χ1) is 17.3. The lowest BCUT2D eigenvalue weighted by atomic mass is 10.0. The summed E-state index contributed by atoms with van der Waals surface area (Å²) in [6.45, 7) is 6.61. The molecule has 0 atom stereocenters. The van der Waals surface area contributed by atoms with Crippen molar-refractivity contribution in [3.63, 3.8) is 0 Å². The maximum Gasteiger partial charge on any atom is 0.410 e. The van der Waals surface area contributed by atoms with Crippen molar-refractivity contribution in [3.8, 4) is 10.4 Å². The van der Waals surface area contributed by atoms with Crippen LogP contribution in [0.2, 0.25) is 5.02 Å². The van der Waals surface area contributed by atoms with Crippen molar-refractivity contribution in [1.29, 1.82) is 0 Å². The van der Waals surface area contributed by atoms with E-state index in [2.05, 4.69) is 4.72 Å². The van der Waals surface area contributed by atoms with Crippen LogP contribution in [0.1, 0.15) is 31.9 Å². The molecule has 1 aliphatic rings. The monoisotopic (exact) mass is 561 g/mol. The van der Waals surface area contributed by atoms with Gasteiger partial charge in [-0.25, -0.2) is 13.2 Å². The van der Waals surface area contributed by atoms with E-state index in [0.29, 0.717) is 36.6 Å². The Hall–Kier alpha value is -2.75. The Bertz CT molecular complexity index is 1390. The second-order valence-electron chi connectivity index (χ2n) is 10.2. The lowest BCUT2D eigenvalue weighted by Crippen LogP contribution is -2.38. The Balaban J connectivity index is 1.58. The van der Waals surface area contributed by atoms with Gasteiger partial charge in [0, 0.05) is 37.1 Å². The number of nitrogens with one attached hydrogen (secondary N) is 1. The first-order valence-electron chi connectivity index (χ1n) is 12.0. The van der Waals surface area contributed by atoms with E-state index in [9.17, 15) is 13.2 Å². The number of rotatable bonds is 5. The molecule has 0 radical (unpaired) electrons. The molecular formula is C27H32ClN3O4S2. The van der Waals surface area contributed by atoms with Gasteiger partial charge in [0.25, 0.3) is 10.0 Å². The van der Waals surface area contributed by atoms with Gasteiger partial charge in [-0.15, -0.1) is 11.3 Å². The maximum atomic E-state index is 13.4. The van der Waals surface area contributed by atoms with Crippen LogP contribution >= 0.6 is 22.9 Å². The summed E-state index contributed by atoms with van der Waals surface area (Å²) in [5.74, 6) is 0. The summed E-state index contributed by atoms with van der Waals surface area (Å²) in [5.41, 5.74) is 3.73. The van der Waals surface area contributed by atoms with E-state index in [1.165, 1.54) is 11.3 Å². The minimum atomic E-state index is -3.81. The van der Waals surface area contributed by atoms with Crippen LogP contribution in [0, 0.1) is 0 Å². The zero-order valence-corrected chi connectivity index (χ0v) is 24.1. The van der Waals surface area contributed by atoms with Crippen LogP contribution in [0.3, 0.4) is 0 Å². The standard InChI is InChI=1S/C27H32ClN3O4S2/c1-27(2,3)35-26(32)31-14-12-19-16-22(23(30(4)5)17-20(19)13-15-31)29-37(33,34)25-11-10-24(36-25)18-6-8-21(28)9-7-18/h6-11,16-17,29H,12-15H2,1-5H3. The number of halogens is 1. The minimum Gasteiger partial charge on any atom is -0.444 e. The second-order valence-corrected chi connectivity index (χ2v) is 13.7. The van der Waals surface area contributed by atoms with Crippen molar-refractivity contribution in [2.45, 2.75) is 43.4 Å². The van der Waals surface area contributed by atoms with Gasteiger partial charge in [-0.3, -0.25) is 4.72 Å². The molecule has 37 heavy (non-hydrogen) atoms. The van der Waals surface area contributed by atoms with Crippen LogP contribution in [0.25, 0.3) is 10.4 Å². The van der Waals surface area contributed by atoms with Crippen LogP contribution < -0.4 is 9.62 Å². The van der Waals surface area contributed by atoms with Gasteiger partial charge < -0.3 is 14.5 Å². The Labute approximate surface area is 228 Å². The molecule has 0 aliphatic carbocycles. The normalized spacial score (nSPS) is 14.1. The fourth-order valence-corrected chi connectivity index (χ4v) is 6.66. The van der Waals surface area contributed by atoms with E-state index in [-0.39, 0.29) is 10.3 Å². The largest absolute Gasteiger partial charge is 0.444 e. The summed E-state index contributed by atoms with van der Waals surface area (Å²) in [6, 6.07) is 14.6. The third-order valence-electron chi connectivity index (χ3n) is 5.97. The predicted molar refractivity (Wildman–Crippen MR) is 152 cm³/mol. The van der Waals surface area contributed by atoms with E-state index in [4.69, 9.17) is 16.3 Å². The molecule has 4 rings (SSSR count). The molecule has 10 heteroatoms. The van der Waals surface area contributed by atoms with Gasteiger partial charge in [0.05, 0.1) is 11.4 Å². The average molecular weight is 562 g/mol. The molecule has 7 nitrogen and oxygen atoms in total. The molecule has 0 saturated carbocycles. The van der Waals surface area contributed by atoms with Crippen LogP contribution in [-0.4, -0.2) is 52.2 Å². The fourth-order valence-electron chi connectivity index (χ4n) is 4.15. The van der Waals surface area contributed by atoms with E-state index >= 15 is 0 Å².